The zero-order chi connectivity index (χ0) is 14.5. The van der Waals surface area contributed by atoms with E-state index in [0.717, 1.165) is 6.20 Å². The Labute approximate surface area is 113 Å². The number of rotatable bonds is 4. The van der Waals surface area contributed by atoms with E-state index in [1.165, 1.54) is 24.3 Å². The first-order valence-corrected chi connectivity index (χ1v) is 5.89. The highest BCUT2D eigenvalue weighted by Crippen LogP contribution is 2.12. The van der Waals surface area contributed by atoms with E-state index in [1.54, 1.807) is 6.92 Å². The van der Waals surface area contributed by atoms with Gasteiger partial charge in [0.2, 0.25) is 5.95 Å². The van der Waals surface area contributed by atoms with Gasteiger partial charge in [-0.05, 0) is 31.2 Å². The number of ether oxygens (including phenoxy) is 1. The van der Waals surface area contributed by atoms with Gasteiger partial charge in [-0.3, -0.25) is 9.78 Å². The van der Waals surface area contributed by atoms with Gasteiger partial charge in [0.25, 0.3) is 5.56 Å². The molecule has 0 saturated carbocycles. The molecule has 0 radical (unpaired) electrons. The molecule has 2 aromatic rings. The maximum atomic E-state index is 12.8. The normalized spacial score (nSPS) is 10.1. The molecule has 0 saturated heterocycles. The highest BCUT2D eigenvalue weighted by Gasteiger charge is 2.12. The Morgan fingerprint density at radius 3 is 2.70 bits per heavy atom. The van der Waals surface area contributed by atoms with Gasteiger partial charge >= 0.3 is 5.97 Å². The minimum Gasteiger partial charge on any atom is -0.462 e. The van der Waals surface area contributed by atoms with Crippen molar-refractivity contribution in [2.45, 2.75) is 6.92 Å². The summed E-state index contributed by atoms with van der Waals surface area (Å²) in [7, 11) is 0. The molecule has 0 aliphatic rings. The lowest BCUT2D eigenvalue weighted by atomic mass is 10.3. The summed E-state index contributed by atoms with van der Waals surface area (Å²) in [6.07, 6.45) is 1.13. The molecule has 2 rings (SSSR count). The number of aromatic nitrogens is 2. The molecule has 1 heterocycles. The summed E-state index contributed by atoms with van der Waals surface area (Å²) < 4.78 is 17.5. The second-order valence-electron chi connectivity index (χ2n) is 3.83. The third-order valence-corrected chi connectivity index (χ3v) is 2.40. The predicted molar refractivity (Wildman–Crippen MR) is 70.5 cm³/mol. The van der Waals surface area contributed by atoms with Crippen LogP contribution in [0.25, 0.3) is 0 Å². The van der Waals surface area contributed by atoms with E-state index in [1.807, 2.05) is 0 Å². The van der Waals surface area contributed by atoms with Crippen molar-refractivity contribution in [2.75, 3.05) is 11.9 Å². The van der Waals surface area contributed by atoms with Crippen molar-refractivity contribution in [3.63, 3.8) is 0 Å². The number of benzene rings is 1. The summed E-state index contributed by atoms with van der Waals surface area (Å²) in [5.41, 5.74) is -0.224. The van der Waals surface area contributed by atoms with Crippen molar-refractivity contribution in [3.05, 3.63) is 52.2 Å². The molecule has 0 aliphatic carbocycles. The predicted octanol–water partition coefficient (Wildman–Crippen LogP) is 1.83. The third-order valence-electron chi connectivity index (χ3n) is 2.40. The van der Waals surface area contributed by atoms with Gasteiger partial charge < -0.3 is 10.1 Å². The minimum atomic E-state index is -0.727. The fourth-order valence-electron chi connectivity index (χ4n) is 1.48. The average Bonchev–Trinajstić information content (AvgIpc) is 2.42. The maximum Gasteiger partial charge on any atom is 0.345 e. The van der Waals surface area contributed by atoms with Gasteiger partial charge in [0, 0.05) is 5.69 Å². The topological polar surface area (TPSA) is 84.1 Å². The first-order valence-electron chi connectivity index (χ1n) is 5.89. The molecule has 0 amide bonds. The first-order chi connectivity index (χ1) is 9.60. The van der Waals surface area contributed by atoms with Crippen LogP contribution in [0.15, 0.2) is 35.3 Å². The molecule has 6 nitrogen and oxygen atoms in total. The summed E-state index contributed by atoms with van der Waals surface area (Å²) >= 11 is 0. The van der Waals surface area contributed by atoms with Crippen molar-refractivity contribution in [1.29, 1.82) is 0 Å². The fraction of sp³-hybridized carbons (Fsp3) is 0.154. The Morgan fingerprint density at radius 1 is 1.40 bits per heavy atom. The Hall–Kier alpha value is -2.70. The molecule has 1 aromatic heterocycles. The van der Waals surface area contributed by atoms with Crippen LogP contribution in [0.5, 0.6) is 0 Å². The summed E-state index contributed by atoms with van der Waals surface area (Å²) in [6, 6.07) is 5.53. The molecule has 2 N–H and O–H groups in total. The summed E-state index contributed by atoms with van der Waals surface area (Å²) in [4.78, 5) is 29.4. The van der Waals surface area contributed by atoms with E-state index in [-0.39, 0.29) is 23.9 Å². The van der Waals surface area contributed by atoms with Crippen molar-refractivity contribution in [1.82, 2.24) is 9.97 Å². The molecular formula is C13H12FN3O3. The summed E-state index contributed by atoms with van der Waals surface area (Å²) in [5, 5.41) is 2.78. The summed E-state index contributed by atoms with van der Waals surface area (Å²) in [6.45, 7) is 1.82. The maximum absolute atomic E-state index is 12.8. The second-order valence-corrected chi connectivity index (χ2v) is 3.83. The number of carbonyl (C=O) groups excluding carboxylic acids is 1. The largest absolute Gasteiger partial charge is 0.462 e. The number of carbonyl (C=O) groups is 1. The molecule has 0 fully saturated rings. The molecule has 20 heavy (non-hydrogen) atoms. The standard InChI is InChI=1S/C13H12FN3O3/c1-2-20-12(19)10-7-15-13(17-11(10)18)16-9-5-3-8(14)4-6-9/h3-7H,2H2,1H3,(H2,15,16,17,18). The lowest BCUT2D eigenvalue weighted by molar-refractivity contribution is 0.0524. The van der Waals surface area contributed by atoms with E-state index in [2.05, 4.69) is 15.3 Å². The van der Waals surface area contributed by atoms with Gasteiger partial charge in [-0.1, -0.05) is 0 Å². The third kappa shape index (κ3) is 3.19. The molecule has 0 aliphatic heterocycles. The van der Waals surface area contributed by atoms with Crippen LogP contribution in [-0.2, 0) is 4.74 Å². The second kappa shape index (κ2) is 5.96. The Balaban J connectivity index is 2.19. The monoisotopic (exact) mass is 277 g/mol. The Kier molecular flexibility index (Phi) is 4.09. The van der Waals surface area contributed by atoms with Crippen LogP contribution in [0.1, 0.15) is 17.3 Å². The van der Waals surface area contributed by atoms with Gasteiger partial charge in [0.15, 0.2) is 0 Å². The number of halogens is 1. The van der Waals surface area contributed by atoms with Crippen LogP contribution < -0.4 is 10.9 Å². The van der Waals surface area contributed by atoms with Crippen molar-refractivity contribution >= 4 is 17.6 Å². The quantitative estimate of drug-likeness (QED) is 0.833. The first kappa shape index (κ1) is 13.7. The van der Waals surface area contributed by atoms with E-state index in [4.69, 9.17) is 4.74 Å². The van der Waals surface area contributed by atoms with Crippen LogP contribution in [0.2, 0.25) is 0 Å². The molecule has 1 aromatic carbocycles. The average molecular weight is 277 g/mol. The van der Waals surface area contributed by atoms with Crippen LogP contribution in [0.4, 0.5) is 16.0 Å². The van der Waals surface area contributed by atoms with Crippen LogP contribution in [0.3, 0.4) is 0 Å². The zero-order valence-electron chi connectivity index (χ0n) is 10.6. The van der Waals surface area contributed by atoms with Crippen LogP contribution >= 0.6 is 0 Å². The van der Waals surface area contributed by atoms with Crippen LogP contribution in [0, 0.1) is 5.82 Å². The van der Waals surface area contributed by atoms with E-state index in [9.17, 15) is 14.0 Å². The number of nitrogens with zero attached hydrogens (tertiary/aromatic N) is 1. The van der Waals surface area contributed by atoms with Gasteiger partial charge in [-0.15, -0.1) is 0 Å². The number of hydrogen-bond donors (Lipinski definition) is 2. The molecule has 0 spiro atoms. The van der Waals surface area contributed by atoms with E-state index >= 15 is 0 Å². The highest BCUT2D eigenvalue weighted by molar-refractivity contribution is 5.88. The minimum absolute atomic E-state index is 0.148. The number of anilines is 2. The summed E-state index contributed by atoms with van der Waals surface area (Å²) in [5.74, 6) is -0.945. The smallest absolute Gasteiger partial charge is 0.345 e. The SMILES string of the molecule is CCOC(=O)c1cnc(Nc2ccc(F)cc2)[nH]c1=O. The van der Waals surface area contributed by atoms with Gasteiger partial charge in [0.1, 0.15) is 11.4 Å². The molecular weight excluding hydrogens is 265 g/mol. The number of esters is 1. The molecule has 0 unspecified atom stereocenters. The fourth-order valence-corrected chi connectivity index (χ4v) is 1.48. The van der Waals surface area contributed by atoms with E-state index in [0.29, 0.717) is 5.69 Å². The Morgan fingerprint density at radius 2 is 2.10 bits per heavy atom. The number of H-pyrrole nitrogens is 1. The van der Waals surface area contributed by atoms with Crippen LogP contribution in [-0.4, -0.2) is 22.5 Å². The molecule has 104 valence electrons. The molecule has 0 bridgehead atoms. The van der Waals surface area contributed by atoms with Gasteiger partial charge in [0.05, 0.1) is 12.8 Å². The Bertz CT molecular complexity index is 667. The number of nitrogens with one attached hydrogen (secondary N) is 2. The van der Waals surface area contributed by atoms with Gasteiger partial charge in [-0.25, -0.2) is 14.2 Å². The number of aromatic amines is 1. The van der Waals surface area contributed by atoms with Crippen molar-refractivity contribution in [2.24, 2.45) is 0 Å². The van der Waals surface area contributed by atoms with Crippen molar-refractivity contribution < 1.29 is 13.9 Å². The number of hydrogen-bond acceptors (Lipinski definition) is 5. The van der Waals surface area contributed by atoms with Gasteiger partial charge in [-0.2, -0.15) is 0 Å². The van der Waals surface area contributed by atoms with Crippen molar-refractivity contribution in [3.8, 4) is 0 Å². The lowest BCUT2D eigenvalue weighted by Crippen LogP contribution is -2.21. The highest BCUT2D eigenvalue weighted by atomic mass is 19.1. The molecule has 0 atom stereocenters. The zero-order valence-corrected chi connectivity index (χ0v) is 10.6. The molecule has 7 heteroatoms. The lowest BCUT2D eigenvalue weighted by Gasteiger charge is -2.06. The van der Waals surface area contributed by atoms with E-state index < -0.39 is 11.5 Å².